The van der Waals surface area contributed by atoms with Crippen LogP contribution in [-0.4, -0.2) is 29.4 Å². The number of rotatable bonds is 9. The number of para-hydroxylation sites is 1. The van der Waals surface area contributed by atoms with E-state index in [2.05, 4.69) is 19.2 Å². The molecule has 0 aromatic heterocycles. The van der Waals surface area contributed by atoms with Gasteiger partial charge in [-0.25, -0.2) is 4.79 Å². The molecule has 1 aliphatic carbocycles. The van der Waals surface area contributed by atoms with E-state index in [0.29, 0.717) is 17.7 Å². The van der Waals surface area contributed by atoms with Crippen LogP contribution in [0.5, 0.6) is 11.5 Å². The third-order valence-electron chi connectivity index (χ3n) is 4.80. The Bertz CT molecular complexity index is 834. The number of primary amides is 1. The fraction of sp³-hybridized carbons (Fsp3) is 0.391. The van der Waals surface area contributed by atoms with E-state index in [-0.39, 0.29) is 12.3 Å². The Morgan fingerprint density at radius 3 is 2.41 bits per heavy atom. The van der Waals surface area contributed by atoms with Gasteiger partial charge in [0.05, 0.1) is 12.5 Å². The van der Waals surface area contributed by atoms with E-state index in [4.69, 9.17) is 10.5 Å². The maximum Gasteiger partial charge on any atom is 0.312 e. The van der Waals surface area contributed by atoms with Crippen LogP contribution in [-0.2, 0) is 4.79 Å². The Morgan fingerprint density at radius 1 is 1.10 bits per heavy atom. The lowest BCUT2D eigenvalue weighted by molar-refractivity contribution is -0.132. The van der Waals surface area contributed by atoms with Gasteiger partial charge in [0.15, 0.2) is 0 Å². The van der Waals surface area contributed by atoms with Crippen LogP contribution in [0.2, 0.25) is 0 Å². The standard InChI is InChI=1S/C23H29N3O3/c1-16(2)15-26(18-11-12-18)22(27)14-21(25-23(24)28)17-7-6-10-20(13-17)29-19-8-4-3-5-9-19/h3-10,13,16,18,21H,11-12,14-15H2,1-2H3,(H3,24,25,28). The summed E-state index contributed by atoms with van der Waals surface area (Å²) in [5, 5.41) is 2.72. The lowest BCUT2D eigenvalue weighted by Crippen LogP contribution is -2.40. The summed E-state index contributed by atoms with van der Waals surface area (Å²) in [7, 11) is 0. The molecule has 3 N–H and O–H groups in total. The van der Waals surface area contributed by atoms with Crippen molar-refractivity contribution in [3.05, 3.63) is 60.2 Å². The number of urea groups is 1. The Kier molecular flexibility index (Phi) is 6.75. The van der Waals surface area contributed by atoms with Crippen LogP contribution in [0.1, 0.15) is 44.7 Å². The number of carbonyl (C=O) groups is 2. The molecule has 1 atom stereocenters. The SMILES string of the molecule is CC(C)CN(C(=O)CC(NC(N)=O)c1cccc(Oc2ccccc2)c1)C1CC1. The minimum atomic E-state index is -0.654. The quantitative estimate of drug-likeness (QED) is 0.666. The normalized spacial score (nSPS) is 14.3. The molecule has 0 aliphatic heterocycles. The van der Waals surface area contributed by atoms with Crippen molar-refractivity contribution >= 4 is 11.9 Å². The number of nitrogens with one attached hydrogen (secondary N) is 1. The molecule has 1 aliphatic rings. The zero-order valence-corrected chi connectivity index (χ0v) is 17.0. The zero-order chi connectivity index (χ0) is 20.8. The molecule has 0 bridgehead atoms. The molecule has 0 heterocycles. The molecule has 2 aromatic carbocycles. The number of nitrogens with zero attached hydrogens (tertiary/aromatic N) is 1. The first-order chi connectivity index (χ1) is 13.9. The molecule has 154 valence electrons. The van der Waals surface area contributed by atoms with Crippen LogP contribution < -0.4 is 15.8 Å². The first kappa shape index (κ1) is 20.7. The molecule has 2 aromatic rings. The lowest BCUT2D eigenvalue weighted by atomic mass is 10.0. The largest absolute Gasteiger partial charge is 0.457 e. The summed E-state index contributed by atoms with van der Waals surface area (Å²) in [6.07, 6.45) is 2.26. The monoisotopic (exact) mass is 395 g/mol. The van der Waals surface area contributed by atoms with Gasteiger partial charge in [-0.05, 0) is 48.6 Å². The Labute approximate surface area is 172 Å². The topological polar surface area (TPSA) is 84.7 Å². The average molecular weight is 396 g/mol. The van der Waals surface area contributed by atoms with Crippen molar-refractivity contribution < 1.29 is 14.3 Å². The first-order valence-corrected chi connectivity index (χ1v) is 10.1. The second-order valence-electron chi connectivity index (χ2n) is 7.92. The number of nitrogens with two attached hydrogens (primary N) is 1. The predicted molar refractivity (Wildman–Crippen MR) is 113 cm³/mol. The molecule has 1 fully saturated rings. The van der Waals surface area contributed by atoms with E-state index in [0.717, 1.165) is 30.7 Å². The van der Waals surface area contributed by atoms with E-state index >= 15 is 0 Å². The van der Waals surface area contributed by atoms with Crippen LogP contribution in [0.3, 0.4) is 0 Å². The van der Waals surface area contributed by atoms with E-state index in [1.54, 1.807) is 0 Å². The summed E-state index contributed by atoms with van der Waals surface area (Å²) in [5.74, 6) is 1.79. The Morgan fingerprint density at radius 2 is 1.79 bits per heavy atom. The number of hydrogen-bond acceptors (Lipinski definition) is 3. The van der Waals surface area contributed by atoms with Crippen LogP contribution in [0.4, 0.5) is 4.79 Å². The van der Waals surface area contributed by atoms with Crippen LogP contribution >= 0.6 is 0 Å². The highest BCUT2D eigenvalue weighted by atomic mass is 16.5. The van der Waals surface area contributed by atoms with Crippen molar-refractivity contribution in [2.45, 2.75) is 45.2 Å². The molecule has 3 rings (SSSR count). The van der Waals surface area contributed by atoms with Crippen LogP contribution in [0.15, 0.2) is 54.6 Å². The maximum atomic E-state index is 13.0. The molecule has 3 amide bonds. The third-order valence-corrected chi connectivity index (χ3v) is 4.80. The summed E-state index contributed by atoms with van der Waals surface area (Å²) in [4.78, 5) is 26.5. The molecule has 6 nitrogen and oxygen atoms in total. The highest BCUT2D eigenvalue weighted by Crippen LogP contribution is 2.31. The van der Waals surface area contributed by atoms with E-state index in [1.165, 1.54) is 0 Å². The lowest BCUT2D eigenvalue weighted by Gasteiger charge is -2.27. The molecule has 0 saturated heterocycles. The number of amides is 3. The molecule has 0 radical (unpaired) electrons. The van der Waals surface area contributed by atoms with Crippen molar-refractivity contribution in [2.24, 2.45) is 11.7 Å². The minimum Gasteiger partial charge on any atom is -0.457 e. The fourth-order valence-electron chi connectivity index (χ4n) is 3.37. The first-order valence-electron chi connectivity index (χ1n) is 10.1. The summed E-state index contributed by atoms with van der Waals surface area (Å²) < 4.78 is 5.89. The molecular weight excluding hydrogens is 366 g/mol. The Balaban J connectivity index is 1.76. The van der Waals surface area contributed by atoms with Crippen molar-refractivity contribution in [3.63, 3.8) is 0 Å². The average Bonchev–Trinajstić information content (AvgIpc) is 3.51. The van der Waals surface area contributed by atoms with Gasteiger partial charge < -0.3 is 20.7 Å². The summed E-state index contributed by atoms with van der Waals surface area (Å²) >= 11 is 0. The van der Waals surface area contributed by atoms with Crippen molar-refractivity contribution in [1.82, 2.24) is 10.2 Å². The van der Waals surface area contributed by atoms with Gasteiger partial charge in [-0.2, -0.15) is 0 Å². The smallest absolute Gasteiger partial charge is 0.312 e. The van der Waals surface area contributed by atoms with Gasteiger partial charge in [0.1, 0.15) is 11.5 Å². The zero-order valence-electron chi connectivity index (χ0n) is 17.0. The summed E-state index contributed by atoms with van der Waals surface area (Å²) in [6, 6.07) is 16.0. The number of benzene rings is 2. The number of hydrogen-bond donors (Lipinski definition) is 2. The molecule has 1 saturated carbocycles. The fourth-order valence-corrected chi connectivity index (χ4v) is 3.37. The van der Waals surface area contributed by atoms with Crippen molar-refractivity contribution in [3.8, 4) is 11.5 Å². The second-order valence-corrected chi connectivity index (χ2v) is 7.92. The van der Waals surface area contributed by atoms with Gasteiger partial charge in [-0.3, -0.25) is 4.79 Å². The number of ether oxygens (including phenoxy) is 1. The molecule has 29 heavy (non-hydrogen) atoms. The predicted octanol–water partition coefficient (Wildman–Crippen LogP) is 4.23. The summed E-state index contributed by atoms with van der Waals surface area (Å²) in [6.45, 7) is 4.93. The molecular formula is C23H29N3O3. The van der Waals surface area contributed by atoms with Gasteiger partial charge >= 0.3 is 6.03 Å². The van der Waals surface area contributed by atoms with E-state index in [9.17, 15) is 9.59 Å². The molecule has 0 spiro atoms. The van der Waals surface area contributed by atoms with Gasteiger partial charge in [0, 0.05) is 12.6 Å². The van der Waals surface area contributed by atoms with Gasteiger partial charge in [-0.15, -0.1) is 0 Å². The van der Waals surface area contributed by atoms with Crippen LogP contribution in [0.25, 0.3) is 0 Å². The molecule has 6 heteroatoms. The van der Waals surface area contributed by atoms with Crippen molar-refractivity contribution in [2.75, 3.05) is 6.54 Å². The second kappa shape index (κ2) is 9.45. The van der Waals surface area contributed by atoms with Gasteiger partial charge in [-0.1, -0.05) is 44.2 Å². The highest BCUT2D eigenvalue weighted by molar-refractivity contribution is 5.79. The van der Waals surface area contributed by atoms with Crippen LogP contribution in [0, 0.1) is 5.92 Å². The van der Waals surface area contributed by atoms with Gasteiger partial charge in [0.2, 0.25) is 5.91 Å². The van der Waals surface area contributed by atoms with Gasteiger partial charge in [0.25, 0.3) is 0 Å². The van der Waals surface area contributed by atoms with Crippen molar-refractivity contribution in [1.29, 1.82) is 0 Å². The third kappa shape index (κ3) is 6.24. The number of carbonyl (C=O) groups excluding carboxylic acids is 2. The highest BCUT2D eigenvalue weighted by Gasteiger charge is 2.34. The maximum absolute atomic E-state index is 13.0. The van der Waals surface area contributed by atoms with E-state index in [1.807, 2.05) is 59.5 Å². The Hall–Kier alpha value is -3.02. The molecule has 1 unspecified atom stereocenters. The van der Waals surface area contributed by atoms with E-state index < -0.39 is 12.1 Å². The summed E-state index contributed by atoms with van der Waals surface area (Å²) in [5.41, 5.74) is 6.17. The minimum absolute atomic E-state index is 0.0364.